The van der Waals surface area contributed by atoms with Crippen LogP contribution in [0.4, 0.5) is 4.79 Å². The number of carbonyl (C=O) groups is 1. The Bertz CT molecular complexity index is 387. The molecule has 0 aromatic heterocycles. The molecule has 5 heteroatoms. The van der Waals surface area contributed by atoms with Crippen LogP contribution in [-0.4, -0.2) is 16.9 Å². The van der Waals surface area contributed by atoms with Crippen molar-refractivity contribution in [2.75, 3.05) is 0 Å². The van der Waals surface area contributed by atoms with Gasteiger partial charge >= 0.3 is 6.09 Å². The van der Waals surface area contributed by atoms with Gasteiger partial charge in [0.25, 0.3) is 0 Å². The Morgan fingerprint density at radius 2 is 2.00 bits per heavy atom. The van der Waals surface area contributed by atoms with Crippen molar-refractivity contribution >= 4 is 22.0 Å². The average molecular weight is 286 g/mol. The molecule has 0 spiro atoms. The molecule has 1 aromatic carbocycles. The maximum atomic E-state index is 10.7. The van der Waals surface area contributed by atoms with Crippen molar-refractivity contribution in [1.29, 1.82) is 0 Å². The molecular formula is C11H12BrNO3. The van der Waals surface area contributed by atoms with Crippen molar-refractivity contribution in [2.45, 2.75) is 25.0 Å². The predicted octanol–water partition coefficient (Wildman–Crippen LogP) is 2.98. The Morgan fingerprint density at radius 3 is 2.44 bits per heavy atom. The predicted molar refractivity (Wildman–Crippen MR) is 62.5 cm³/mol. The summed E-state index contributed by atoms with van der Waals surface area (Å²) in [5, 5.41) is 11.2. The van der Waals surface area contributed by atoms with E-state index in [9.17, 15) is 4.79 Å². The molecule has 0 bridgehead atoms. The van der Waals surface area contributed by atoms with E-state index in [2.05, 4.69) is 21.2 Å². The normalized spacial score (nSPS) is 17.3. The summed E-state index contributed by atoms with van der Waals surface area (Å²) >= 11 is 3.33. The molecule has 0 aliphatic heterocycles. The minimum atomic E-state index is -1.04. The van der Waals surface area contributed by atoms with Crippen LogP contribution < -0.4 is 10.1 Å². The quantitative estimate of drug-likeness (QED) is 0.840. The Labute approximate surface area is 102 Å². The third-order valence-corrected chi connectivity index (χ3v) is 3.15. The number of amides is 1. The number of nitrogens with one attached hydrogen (secondary N) is 1. The molecular weight excluding hydrogens is 274 g/mol. The first-order chi connectivity index (χ1) is 7.60. The SMILES string of the molecule is O=C(O)NC1(Oc2ccc(Br)cc2)CCC1. The second kappa shape index (κ2) is 4.33. The van der Waals surface area contributed by atoms with Crippen LogP contribution in [0.2, 0.25) is 0 Å². The first kappa shape index (κ1) is 11.3. The van der Waals surface area contributed by atoms with E-state index in [1.54, 1.807) is 0 Å². The number of hydrogen-bond donors (Lipinski definition) is 2. The fraction of sp³-hybridized carbons (Fsp3) is 0.364. The largest absolute Gasteiger partial charge is 0.468 e. The molecule has 2 N–H and O–H groups in total. The van der Waals surface area contributed by atoms with Gasteiger partial charge in [0.1, 0.15) is 5.75 Å². The minimum Gasteiger partial charge on any atom is -0.468 e. The van der Waals surface area contributed by atoms with Gasteiger partial charge in [-0.3, -0.25) is 5.32 Å². The van der Waals surface area contributed by atoms with Crippen LogP contribution in [0.3, 0.4) is 0 Å². The zero-order valence-corrected chi connectivity index (χ0v) is 10.2. The third kappa shape index (κ3) is 2.47. The summed E-state index contributed by atoms with van der Waals surface area (Å²) in [5.41, 5.74) is -0.723. The Kier molecular flexibility index (Phi) is 3.05. The van der Waals surface area contributed by atoms with Gasteiger partial charge in [0.05, 0.1) is 0 Å². The summed E-state index contributed by atoms with van der Waals surface area (Å²) in [5.74, 6) is 0.677. The molecule has 0 radical (unpaired) electrons. The second-order valence-corrected chi connectivity index (χ2v) is 4.75. The first-order valence-electron chi connectivity index (χ1n) is 5.05. The molecule has 1 fully saturated rings. The van der Waals surface area contributed by atoms with Gasteiger partial charge in [-0.15, -0.1) is 0 Å². The molecule has 4 nitrogen and oxygen atoms in total. The highest BCUT2D eigenvalue weighted by atomic mass is 79.9. The fourth-order valence-electron chi connectivity index (χ4n) is 1.67. The van der Waals surface area contributed by atoms with Crippen molar-refractivity contribution in [3.8, 4) is 5.75 Å². The smallest absolute Gasteiger partial charge is 0.407 e. The van der Waals surface area contributed by atoms with E-state index < -0.39 is 11.8 Å². The number of halogens is 1. The highest BCUT2D eigenvalue weighted by Gasteiger charge is 2.41. The zero-order chi connectivity index (χ0) is 11.6. The van der Waals surface area contributed by atoms with Crippen LogP contribution >= 0.6 is 15.9 Å². The van der Waals surface area contributed by atoms with Gasteiger partial charge in [-0.1, -0.05) is 15.9 Å². The van der Waals surface area contributed by atoms with Crippen molar-refractivity contribution in [3.05, 3.63) is 28.7 Å². The number of benzene rings is 1. The van der Waals surface area contributed by atoms with Crippen LogP contribution in [0.1, 0.15) is 19.3 Å². The second-order valence-electron chi connectivity index (χ2n) is 3.83. The minimum absolute atomic E-state index is 0.677. The maximum absolute atomic E-state index is 10.7. The molecule has 0 unspecified atom stereocenters. The Balaban J connectivity index is 2.06. The van der Waals surface area contributed by atoms with Gasteiger partial charge in [0.2, 0.25) is 0 Å². The van der Waals surface area contributed by atoms with E-state index >= 15 is 0 Å². The van der Waals surface area contributed by atoms with E-state index in [0.29, 0.717) is 5.75 Å². The molecule has 1 aromatic rings. The summed E-state index contributed by atoms with van der Waals surface area (Å²) < 4.78 is 6.66. The lowest BCUT2D eigenvalue weighted by Gasteiger charge is -2.41. The highest BCUT2D eigenvalue weighted by Crippen LogP contribution is 2.34. The number of rotatable bonds is 3. The fourth-order valence-corrected chi connectivity index (χ4v) is 1.94. The Hall–Kier alpha value is -1.23. The lowest BCUT2D eigenvalue weighted by molar-refractivity contribution is -0.0327. The van der Waals surface area contributed by atoms with E-state index in [-0.39, 0.29) is 0 Å². The first-order valence-corrected chi connectivity index (χ1v) is 5.85. The van der Waals surface area contributed by atoms with E-state index in [1.165, 1.54) is 0 Å². The molecule has 16 heavy (non-hydrogen) atoms. The van der Waals surface area contributed by atoms with Crippen LogP contribution in [0.5, 0.6) is 5.75 Å². The standard InChI is InChI=1S/C11H12BrNO3/c12-8-2-4-9(5-3-8)16-11(6-1-7-11)13-10(14)15/h2-5,13H,1,6-7H2,(H,14,15). The van der Waals surface area contributed by atoms with Crippen molar-refractivity contribution < 1.29 is 14.6 Å². The molecule has 1 aliphatic rings. The summed E-state index contributed by atoms with van der Waals surface area (Å²) in [7, 11) is 0. The summed E-state index contributed by atoms with van der Waals surface area (Å²) in [6.45, 7) is 0. The topological polar surface area (TPSA) is 58.6 Å². The molecule has 1 amide bonds. The lowest BCUT2D eigenvalue weighted by atomic mass is 9.88. The highest BCUT2D eigenvalue weighted by molar-refractivity contribution is 9.10. The summed E-state index contributed by atoms with van der Waals surface area (Å²) in [6.07, 6.45) is 1.37. The summed E-state index contributed by atoms with van der Waals surface area (Å²) in [4.78, 5) is 10.7. The number of hydrogen-bond acceptors (Lipinski definition) is 2. The molecule has 0 atom stereocenters. The molecule has 2 rings (SSSR count). The van der Waals surface area contributed by atoms with E-state index in [0.717, 1.165) is 23.7 Å². The van der Waals surface area contributed by atoms with Crippen molar-refractivity contribution in [1.82, 2.24) is 5.32 Å². The van der Waals surface area contributed by atoms with E-state index in [4.69, 9.17) is 9.84 Å². The van der Waals surface area contributed by atoms with Gasteiger partial charge in [0.15, 0.2) is 5.72 Å². The molecule has 86 valence electrons. The average Bonchev–Trinajstić information content (AvgIpc) is 2.17. The van der Waals surface area contributed by atoms with Crippen LogP contribution in [0.15, 0.2) is 28.7 Å². The van der Waals surface area contributed by atoms with Crippen molar-refractivity contribution in [2.24, 2.45) is 0 Å². The molecule has 1 aliphatic carbocycles. The van der Waals surface area contributed by atoms with Gasteiger partial charge < -0.3 is 9.84 Å². The Morgan fingerprint density at radius 1 is 1.38 bits per heavy atom. The molecule has 1 saturated carbocycles. The van der Waals surface area contributed by atoms with Gasteiger partial charge in [-0.05, 0) is 30.7 Å². The van der Waals surface area contributed by atoms with Crippen LogP contribution in [-0.2, 0) is 0 Å². The van der Waals surface area contributed by atoms with Gasteiger partial charge in [-0.2, -0.15) is 0 Å². The molecule has 0 heterocycles. The zero-order valence-electron chi connectivity index (χ0n) is 8.57. The molecule has 0 saturated heterocycles. The number of carboxylic acid groups (broad SMARTS) is 1. The lowest BCUT2D eigenvalue weighted by Crippen LogP contribution is -2.57. The van der Waals surface area contributed by atoms with Crippen molar-refractivity contribution in [3.63, 3.8) is 0 Å². The van der Waals surface area contributed by atoms with Gasteiger partial charge in [0, 0.05) is 17.3 Å². The summed E-state index contributed by atoms with van der Waals surface area (Å²) in [6, 6.07) is 7.35. The maximum Gasteiger partial charge on any atom is 0.407 e. The third-order valence-electron chi connectivity index (χ3n) is 2.62. The van der Waals surface area contributed by atoms with Crippen LogP contribution in [0, 0.1) is 0 Å². The van der Waals surface area contributed by atoms with Crippen LogP contribution in [0.25, 0.3) is 0 Å². The monoisotopic (exact) mass is 285 g/mol. The van der Waals surface area contributed by atoms with Gasteiger partial charge in [-0.25, -0.2) is 4.79 Å². The van der Waals surface area contributed by atoms with E-state index in [1.807, 2.05) is 24.3 Å². The number of ether oxygens (including phenoxy) is 1.